The smallest absolute Gasteiger partial charge is 0.141 e. The van der Waals surface area contributed by atoms with Crippen LogP contribution in [-0.2, 0) is 6.61 Å². The van der Waals surface area contributed by atoms with E-state index >= 15 is 0 Å². The van der Waals surface area contributed by atoms with Gasteiger partial charge in [0.2, 0.25) is 0 Å². The Kier molecular flexibility index (Phi) is 4.85. The Bertz CT molecular complexity index is 1100. The lowest BCUT2D eigenvalue weighted by Gasteiger charge is -2.12. The van der Waals surface area contributed by atoms with Gasteiger partial charge in [-0.2, -0.15) is 0 Å². The van der Waals surface area contributed by atoms with Gasteiger partial charge in [0.15, 0.2) is 0 Å². The molecule has 0 aliphatic heterocycles. The summed E-state index contributed by atoms with van der Waals surface area (Å²) in [6.45, 7) is 0.237. The fourth-order valence-corrected chi connectivity index (χ4v) is 2.96. The van der Waals surface area contributed by atoms with E-state index in [-0.39, 0.29) is 12.4 Å². The van der Waals surface area contributed by atoms with E-state index in [1.165, 1.54) is 18.5 Å². The summed E-state index contributed by atoms with van der Waals surface area (Å²) in [5.41, 5.74) is 2.37. The van der Waals surface area contributed by atoms with Gasteiger partial charge in [0.1, 0.15) is 30.3 Å². The first kappa shape index (κ1) is 17.2. The maximum Gasteiger partial charge on any atom is 0.141 e. The number of hydrogen-bond acceptors (Lipinski definition) is 4. The second kappa shape index (κ2) is 7.60. The van der Waals surface area contributed by atoms with Crippen LogP contribution in [0.3, 0.4) is 0 Å². The third-order valence-corrected chi connectivity index (χ3v) is 4.32. The molecule has 0 radical (unpaired) electrons. The lowest BCUT2D eigenvalue weighted by molar-refractivity contribution is 0.306. The van der Waals surface area contributed by atoms with E-state index in [1.807, 2.05) is 30.3 Å². The monoisotopic (exact) mass is 379 g/mol. The third-order valence-electron chi connectivity index (χ3n) is 4.02. The van der Waals surface area contributed by atoms with Crippen molar-refractivity contribution in [1.82, 2.24) is 9.97 Å². The standard InChI is InChI=1S/C21H15ClFN3O/c22-18-11-16(26-21-17-6-1-2-7-19(17)24-13-25-21)8-9-20(18)27-12-14-4-3-5-15(23)10-14/h1-11,13H,12H2,(H,24,25,26). The molecule has 4 nitrogen and oxygen atoms in total. The number of nitrogens with zero attached hydrogens (tertiary/aromatic N) is 2. The molecular formula is C21H15ClFN3O. The van der Waals surface area contributed by atoms with Gasteiger partial charge in [-0.05, 0) is 48.0 Å². The highest BCUT2D eigenvalue weighted by Crippen LogP contribution is 2.30. The summed E-state index contributed by atoms with van der Waals surface area (Å²) in [5, 5.41) is 4.63. The molecule has 0 aliphatic carbocycles. The average Bonchev–Trinajstić information content (AvgIpc) is 2.68. The number of halogens is 2. The summed E-state index contributed by atoms with van der Waals surface area (Å²) < 4.78 is 18.9. The normalized spacial score (nSPS) is 10.7. The van der Waals surface area contributed by atoms with Crippen molar-refractivity contribution >= 4 is 34.0 Å². The lowest BCUT2D eigenvalue weighted by atomic mass is 10.2. The van der Waals surface area contributed by atoms with Crippen molar-refractivity contribution in [3.8, 4) is 5.75 Å². The second-order valence-corrected chi connectivity index (χ2v) is 6.34. The first-order chi connectivity index (χ1) is 13.2. The molecule has 0 bridgehead atoms. The van der Waals surface area contributed by atoms with E-state index in [4.69, 9.17) is 16.3 Å². The predicted octanol–water partition coefficient (Wildman–Crippen LogP) is 5.74. The largest absolute Gasteiger partial charge is 0.487 e. The van der Waals surface area contributed by atoms with Crippen LogP contribution in [0.5, 0.6) is 5.75 Å². The van der Waals surface area contributed by atoms with Crippen molar-refractivity contribution in [1.29, 1.82) is 0 Å². The van der Waals surface area contributed by atoms with Crippen molar-refractivity contribution in [2.24, 2.45) is 0 Å². The zero-order chi connectivity index (χ0) is 18.6. The van der Waals surface area contributed by atoms with Crippen LogP contribution in [-0.4, -0.2) is 9.97 Å². The fraction of sp³-hybridized carbons (Fsp3) is 0.0476. The number of benzene rings is 3. The molecule has 3 aromatic carbocycles. The SMILES string of the molecule is Fc1cccc(COc2ccc(Nc3ncnc4ccccc34)cc2Cl)c1. The van der Waals surface area contributed by atoms with E-state index in [1.54, 1.807) is 24.3 Å². The molecule has 134 valence electrons. The predicted molar refractivity (Wildman–Crippen MR) is 105 cm³/mol. The molecule has 0 saturated carbocycles. The van der Waals surface area contributed by atoms with E-state index in [9.17, 15) is 4.39 Å². The number of ether oxygens (including phenoxy) is 1. The Morgan fingerprint density at radius 3 is 2.70 bits per heavy atom. The summed E-state index contributed by atoms with van der Waals surface area (Å²) in [4.78, 5) is 8.56. The van der Waals surface area contributed by atoms with Gasteiger partial charge < -0.3 is 10.1 Å². The van der Waals surface area contributed by atoms with E-state index in [0.717, 1.165) is 22.2 Å². The first-order valence-electron chi connectivity index (χ1n) is 8.32. The second-order valence-electron chi connectivity index (χ2n) is 5.93. The Balaban J connectivity index is 1.51. The molecule has 27 heavy (non-hydrogen) atoms. The van der Waals surface area contributed by atoms with E-state index in [0.29, 0.717) is 16.6 Å². The number of anilines is 2. The Morgan fingerprint density at radius 1 is 0.963 bits per heavy atom. The molecule has 0 atom stereocenters. The fourth-order valence-electron chi connectivity index (χ4n) is 2.72. The zero-order valence-electron chi connectivity index (χ0n) is 14.2. The van der Waals surface area contributed by atoms with Gasteiger partial charge in [0, 0.05) is 11.1 Å². The van der Waals surface area contributed by atoms with Crippen LogP contribution in [0.2, 0.25) is 5.02 Å². The maximum absolute atomic E-state index is 13.2. The summed E-state index contributed by atoms with van der Waals surface area (Å²) in [6, 6.07) is 19.4. The quantitative estimate of drug-likeness (QED) is 0.480. The van der Waals surface area contributed by atoms with Crippen molar-refractivity contribution in [3.63, 3.8) is 0 Å². The third kappa shape index (κ3) is 3.99. The summed E-state index contributed by atoms with van der Waals surface area (Å²) in [5.74, 6) is 0.933. The van der Waals surface area contributed by atoms with Crippen LogP contribution in [0.4, 0.5) is 15.9 Å². The molecule has 1 heterocycles. The highest BCUT2D eigenvalue weighted by Gasteiger charge is 2.07. The number of fused-ring (bicyclic) bond motifs is 1. The minimum absolute atomic E-state index is 0.237. The van der Waals surface area contributed by atoms with Gasteiger partial charge >= 0.3 is 0 Å². The van der Waals surface area contributed by atoms with E-state index < -0.39 is 0 Å². The van der Waals surface area contributed by atoms with Crippen molar-refractivity contribution in [3.05, 3.63) is 89.5 Å². The first-order valence-corrected chi connectivity index (χ1v) is 8.70. The molecule has 4 rings (SSSR count). The lowest BCUT2D eigenvalue weighted by Crippen LogP contribution is -1.98. The maximum atomic E-state index is 13.2. The zero-order valence-corrected chi connectivity index (χ0v) is 14.9. The molecule has 0 unspecified atom stereocenters. The molecule has 1 N–H and O–H groups in total. The summed E-state index contributed by atoms with van der Waals surface area (Å²) in [6.07, 6.45) is 1.52. The molecule has 0 amide bonds. The highest BCUT2D eigenvalue weighted by molar-refractivity contribution is 6.32. The van der Waals surface area contributed by atoms with Gasteiger partial charge in [-0.15, -0.1) is 0 Å². The molecule has 4 aromatic rings. The van der Waals surface area contributed by atoms with Crippen molar-refractivity contribution in [2.45, 2.75) is 6.61 Å². The number of rotatable bonds is 5. The number of para-hydroxylation sites is 1. The van der Waals surface area contributed by atoms with E-state index in [2.05, 4.69) is 15.3 Å². The van der Waals surface area contributed by atoms with Gasteiger partial charge in [0.25, 0.3) is 0 Å². The summed E-state index contributed by atoms with van der Waals surface area (Å²) >= 11 is 6.34. The topological polar surface area (TPSA) is 47.0 Å². The molecule has 6 heteroatoms. The van der Waals surface area contributed by atoms with Crippen LogP contribution in [0, 0.1) is 5.82 Å². The number of aromatic nitrogens is 2. The molecule has 1 aromatic heterocycles. The van der Waals surface area contributed by atoms with Gasteiger partial charge in [-0.1, -0.05) is 35.9 Å². The average molecular weight is 380 g/mol. The number of hydrogen-bond donors (Lipinski definition) is 1. The van der Waals surface area contributed by atoms with Crippen LogP contribution in [0.25, 0.3) is 10.9 Å². The van der Waals surface area contributed by atoms with Crippen LogP contribution in [0.1, 0.15) is 5.56 Å². The molecular weight excluding hydrogens is 365 g/mol. The van der Waals surface area contributed by atoms with Crippen LogP contribution < -0.4 is 10.1 Å². The van der Waals surface area contributed by atoms with Gasteiger partial charge in [0.05, 0.1) is 10.5 Å². The molecule has 0 spiro atoms. The van der Waals surface area contributed by atoms with Crippen LogP contribution in [0.15, 0.2) is 73.1 Å². The molecule has 0 saturated heterocycles. The van der Waals surface area contributed by atoms with Crippen LogP contribution >= 0.6 is 11.6 Å². The Labute approximate surface area is 160 Å². The minimum atomic E-state index is -0.293. The van der Waals surface area contributed by atoms with Gasteiger partial charge in [-0.25, -0.2) is 14.4 Å². The number of nitrogens with one attached hydrogen (secondary N) is 1. The minimum Gasteiger partial charge on any atom is -0.487 e. The Hall–Kier alpha value is -3.18. The van der Waals surface area contributed by atoms with Crippen molar-refractivity contribution < 1.29 is 9.13 Å². The molecule has 0 fully saturated rings. The Morgan fingerprint density at radius 2 is 1.85 bits per heavy atom. The van der Waals surface area contributed by atoms with Gasteiger partial charge in [-0.3, -0.25) is 0 Å². The summed E-state index contributed by atoms with van der Waals surface area (Å²) in [7, 11) is 0. The van der Waals surface area contributed by atoms with Crippen molar-refractivity contribution in [2.75, 3.05) is 5.32 Å². The molecule has 0 aliphatic rings. The highest BCUT2D eigenvalue weighted by atomic mass is 35.5.